The Hall–Kier alpha value is -1.62. The van der Waals surface area contributed by atoms with E-state index in [0.29, 0.717) is 17.5 Å². The highest BCUT2D eigenvalue weighted by atomic mass is 32.1. The third-order valence-corrected chi connectivity index (χ3v) is 3.56. The summed E-state index contributed by atoms with van der Waals surface area (Å²) < 4.78 is 1.06. The van der Waals surface area contributed by atoms with Crippen molar-refractivity contribution in [3.8, 4) is 0 Å². The van der Waals surface area contributed by atoms with Gasteiger partial charge in [-0.1, -0.05) is 37.3 Å². The van der Waals surface area contributed by atoms with E-state index in [1.54, 1.807) is 0 Å². The van der Waals surface area contributed by atoms with Gasteiger partial charge in [-0.05, 0) is 24.5 Å². The molecule has 2 N–H and O–H groups in total. The standard InChI is InChI=1S/C13H16N2O2S/c1-8(2)7-10(12(16)17)15-13-14-9-5-3-4-6-11(9)18-13/h3-6,8,10H,7H2,1-2H3,(H,14,15)(H,16,17)/t10-/m1/s1. The van der Waals surface area contributed by atoms with Crippen molar-refractivity contribution in [2.45, 2.75) is 26.3 Å². The van der Waals surface area contributed by atoms with Crippen molar-refractivity contribution in [1.82, 2.24) is 4.98 Å². The lowest BCUT2D eigenvalue weighted by atomic mass is 10.0. The van der Waals surface area contributed by atoms with E-state index in [9.17, 15) is 9.90 Å². The van der Waals surface area contributed by atoms with Crippen molar-refractivity contribution >= 4 is 32.7 Å². The Kier molecular flexibility index (Phi) is 3.81. The number of anilines is 1. The van der Waals surface area contributed by atoms with Crippen molar-refractivity contribution in [2.24, 2.45) is 5.92 Å². The SMILES string of the molecule is CC(C)C[C@@H](Nc1nc2ccccc2s1)C(=O)O. The predicted octanol–water partition coefficient (Wildman–Crippen LogP) is 3.21. The molecule has 0 saturated heterocycles. The summed E-state index contributed by atoms with van der Waals surface area (Å²) in [6.07, 6.45) is 0.589. The van der Waals surface area contributed by atoms with Gasteiger partial charge in [0.15, 0.2) is 5.13 Å². The molecule has 0 saturated carbocycles. The van der Waals surface area contributed by atoms with E-state index in [4.69, 9.17) is 0 Å². The molecule has 18 heavy (non-hydrogen) atoms. The molecule has 2 rings (SSSR count). The fourth-order valence-corrected chi connectivity index (χ4v) is 2.69. The van der Waals surface area contributed by atoms with Crippen LogP contribution in [0.5, 0.6) is 0 Å². The number of para-hydroxylation sites is 1. The van der Waals surface area contributed by atoms with Crippen LogP contribution in [0.2, 0.25) is 0 Å². The lowest BCUT2D eigenvalue weighted by Crippen LogP contribution is -2.30. The lowest BCUT2D eigenvalue weighted by Gasteiger charge is -2.15. The number of hydrogen-bond acceptors (Lipinski definition) is 4. The van der Waals surface area contributed by atoms with Gasteiger partial charge in [-0.15, -0.1) is 0 Å². The normalized spacial score (nSPS) is 12.8. The topological polar surface area (TPSA) is 62.2 Å². The number of rotatable bonds is 5. The van der Waals surface area contributed by atoms with Crippen LogP contribution in [0.15, 0.2) is 24.3 Å². The number of aliphatic carboxylic acids is 1. The van der Waals surface area contributed by atoms with Crippen molar-refractivity contribution in [1.29, 1.82) is 0 Å². The van der Waals surface area contributed by atoms with Crippen LogP contribution in [0.1, 0.15) is 20.3 Å². The minimum atomic E-state index is -0.831. The Morgan fingerprint density at radius 1 is 1.44 bits per heavy atom. The Labute approximate surface area is 110 Å². The third-order valence-electron chi connectivity index (χ3n) is 2.60. The molecule has 96 valence electrons. The van der Waals surface area contributed by atoms with Crippen LogP contribution in [0.25, 0.3) is 10.2 Å². The molecule has 0 aliphatic heterocycles. The molecule has 0 bridgehead atoms. The number of benzene rings is 1. The van der Waals surface area contributed by atoms with Crippen LogP contribution >= 0.6 is 11.3 Å². The lowest BCUT2D eigenvalue weighted by molar-refractivity contribution is -0.138. The molecule has 1 atom stereocenters. The second-order valence-electron chi connectivity index (χ2n) is 4.65. The Morgan fingerprint density at radius 2 is 2.17 bits per heavy atom. The molecule has 0 aliphatic carbocycles. The molecule has 0 fully saturated rings. The predicted molar refractivity (Wildman–Crippen MR) is 74.1 cm³/mol. The molecule has 1 heterocycles. The van der Waals surface area contributed by atoms with Crippen molar-refractivity contribution in [3.63, 3.8) is 0 Å². The number of nitrogens with one attached hydrogen (secondary N) is 1. The first kappa shape index (κ1) is 12.8. The second-order valence-corrected chi connectivity index (χ2v) is 5.68. The number of nitrogens with zero attached hydrogens (tertiary/aromatic N) is 1. The van der Waals surface area contributed by atoms with E-state index in [2.05, 4.69) is 10.3 Å². The first-order chi connectivity index (χ1) is 8.56. The highest BCUT2D eigenvalue weighted by molar-refractivity contribution is 7.22. The van der Waals surface area contributed by atoms with E-state index in [-0.39, 0.29) is 0 Å². The van der Waals surface area contributed by atoms with Gasteiger partial charge < -0.3 is 10.4 Å². The highest BCUT2D eigenvalue weighted by Crippen LogP contribution is 2.26. The van der Waals surface area contributed by atoms with E-state index >= 15 is 0 Å². The van der Waals surface area contributed by atoms with Crippen LogP contribution in [-0.4, -0.2) is 22.1 Å². The average molecular weight is 264 g/mol. The number of hydrogen-bond donors (Lipinski definition) is 2. The van der Waals surface area contributed by atoms with E-state index < -0.39 is 12.0 Å². The zero-order chi connectivity index (χ0) is 13.1. The van der Waals surface area contributed by atoms with Gasteiger partial charge in [-0.2, -0.15) is 0 Å². The van der Waals surface area contributed by atoms with Gasteiger partial charge in [0, 0.05) is 0 Å². The van der Waals surface area contributed by atoms with Crippen LogP contribution in [-0.2, 0) is 4.79 Å². The number of carboxylic acids is 1. The Morgan fingerprint density at radius 3 is 2.78 bits per heavy atom. The molecular weight excluding hydrogens is 248 g/mol. The molecule has 0 aliphatic rings. The summed E-state index contributed by atoms with van der Waals surface area (Å²) in [6, 6.07) is 7.21. The molecule has 1 aromatic carbocycles. The maximum absolute atomic E-state index is 11.2. The average Bonchev–Trinajstić information content (AvgIpc) is 2.69. The summed E-state index contributed by atoms with van der Waals surface area (Å²) >= 11 is 1.48. The van der Waals surface area contributed by atoms with Gasteiger partial charge in [0.1, 0.15) is 6.04 Å². The van der Waals surface area contributed by atoms with Gasteiger partial charge in [0.05, 0.1) is 10.2 Å². The third kappa shape index (κ3) is 2.98. The Bertz CT molecular complexity index is 518. The molecule has 5 heteroatoms. The first-order valence-corrected chi connectivity index (χ1v) is 6.73. The quantitative estimate of drug-likeness (QED) is 0.870. The number of aromatic nitrogens is 1. The largest absolute Gasteiger partial charge is 0.480 e. The molecule has 2 aromatic rings. The zero-order valence-corrected chi connectivity index (χ0v) is 11.2. The maximum atomic E-state index is 11.2. The minimum Gasteiger partial charge on any atom is -0.480 e. The number of carbonyl (C=O) groups is 1. The second kappa shape index (κ2) is 5.35. The van der Waals surface area contributed by atoms with Crippen LogP contribution in [0.3, 0.4) is 0 Å². The van der Waals surface area contributed by atoms with Crippen molar-refractivity contribution in [3.05, 3.63) is 24.3 Å². The van der Waals surface area contributed by atoms with Gasteiger partial charge >= 0.3 is 5.97 Å². The van der Waals surface area contributed by atoms with E-state index in [1.807, 2.05) is 38.1 Å². The summed E-state index contributed by atoms with van der Waals surface area (Å²) in [7, 11) is 0. The van der Waals surface area contributed by atoms with Gasteiger partial charge in [0.25, 0.3) is 0 Å². The molecule has 0 amide bonds. The monoisotopic (exact) mass is 264 g/mol. The molecular formula is C13H16N2O2S. The van der Waals surface area contributed by atoms with Crippen molar-refractivity contribution < 1.29 is 9.90 Å². The molecule has 0 unspecified atom stereocenters. The summed E-state index contributed by atoms with van der Waals surface area (Å²) in [5.41, 5.74) is 0.902. The van der Waals surface area contributed by atoms with Gasteiger partial charge in [-0.3, -0.25) is 0 Å². The number of thiazole rings is 1. The van der Waals surface area contributed by atoms with Crippen molar-refractivity contribution in [2.75, 3.05) is 5.32 Å². The summed E-state index contributed by atoms with van der Waals surface area (Å²) in [5, 5.41) is 12.9. The molecule has 0 spiro atoms. The Balaban J connectivity index is 2.17. The minimum absolute atomic E-state index is 0.327. The maximum Gasteiger partial charge on any atom is 0.326 e. The molecule has 4 nitrogen and oxygen atoms in total. The number of fused-ring (bicyclic) bond motifs is 1. The van der Waals surface area contributed by atoms with E-state index in [1.165, 1.54) is 11.3 Å². The summed E-state index contributed by atoms with van der Waals surface area (Å²) in [5.74, 6) is -0.504. The number of carboxylic acid groups (broad SMARTS) is 1. The van der Waals surface area contributed by atoms with E-state index in [0.717, 1.165) is 10.2 Å². The molecule has 0 radical (unpaired) electrons. The van der Waals surface area contributed by atoms with Crippen LogP contribution in [0, 0.1) is 5.92 Å². The fourth-order valence-electron chi connectivity index (χ4n) is 1.78. The van der Waals surface area contributed by atoms with Crippen LogP contribution in [0.4, 0.5) is 5.13 Å². The summed E-state index contributed by atoms with van der Waals surface area (Å²) in [6.45, 7) is 4.02. The van der Waals surface area contributed by atoms with Gasteiger partial charge in [-0.25, -0.2) is 9.78 Å². The van der Waals surface area contributed by atoms with Gasteiger partial charge in [0.2, 0.25) is 0 Å². The fraction of sp³-hybridized carbons (Fsp3) is 0.385. The van der Waals surface area contributed by atoms with Crippen LogP contribution < -0.4 is 5.32 Å². The molecule has 1 aromatic heterocycles. The smallest absolute Gasteiger partial charge is 0.326 e. The first-order valence-electron chi connectivity index (χ1n) is 5.91. The summed E-state index contributed by atoms with van der Waals surface area (Å²) in [4.78, 5) is 15.6. The zero-order valence-electron chi connectivity index (χ0n) is 10.4. The highest BCUT2D eigenvalue weighted by Gasteiger charge is 2.19.